The molecule has 1 atom stereocenters. The van der Waals surface area contributed by atoms with E-state index >= 15 is 0 Å². The third-order valence-electron chi connectivity index (χ3n) is 5.25. The second-order valence-corrected chi connectivity index (χ2v) is 8.91. The van der Waals surface area contributed by atoms with E-state index < -0.39 is 11.6 Å². The third-order valence-corrected chi connectivity index (χ3v) is 5.25. The molecule has 4 rings (SSSR count). The highest BCUT2D eigenvalue weighted by molar-refractivity contribution is 5.84. The average molecular weight is 435 g/mol. The van der Waals surface area contributed by atoms with Crippen LogP contribution in [-0.2, 0) is 11.3 Å². The monoisotopic (exact) mass is 434 g/mol. The summed E-state index contributed by atoms with van der Waals surface area (Å²) in [5.74, 6) is 0.00578. The van der Waals surface area contributed by atoms with Crippen LogP contribution in [0.15, 0.2) is 61.1 Å². The number of aromatic nitrogens is 2. The molecular formula is C25H27FN4O2. The van der Waals surface area contributed by atoms with E-state index in [9.17, 15) is 9.18 Å². The summed E-state index contributed by atoms with van der Waals surface area (Å²) in [6.07, 6.45) is 3.07. The molecule has 1 unspecified atom stereocenters. The largest absolute Gasteiger partial charge is 0.476 e. The van der Waals surface area contributed by atoms with Crippen LogP contribution in [0.25, 0.3) is 11.1 Å². The second kappa shape index (κ2) is 9.04. The highest BCUT2D eigenvalue weighted by Gasteiger charge is 2.35. The molecule has 0 spiro atoms. The Kier molecular flexibility index (Phi) is 6.19. The normalized spacial score (nSPS) is 16.6. The SMILES string of the molecule is CC(C)(C)NC(=O)C1c2cncnc2OCCN1Cc1ccccc1-c1cccc(F)c1. The molecule has 0 aliphatic carbocycles. The first-order valence-corrected chi connectivity index (χ1v) is 10.6. The molecule has 0 saturated heterocycles. The van der Waals surface area contributed by atoms with Crippen LogP contribution >= 0.6 is 0 Å². The van der Waals surface area contributed by atoms with Crippen molar-refractivity contribution in [2.24, 2.45) is 0 Å². The predicted molar refractivity (Wildman–Crippen MR) is 120 cm³/mol. The van der Waals surface area contributed by atoms with E-state index in [0.29, 0.717) is 31.1 Å². The Morgan fingerprint density at radius 2 is 2.03 bits per heavy atom. The maximum absolute atomic E-state index is 13.9. The first-order valence-electron chi connectivity index (χ1n) is 10.6. The van der Waals surface area contributed by atoms with Crippen molar-refractivity contribution in [3.05, 3.63) is 78.0 Å². The number of halogens is 1. The lowest BCUT2D eigenvalue weighted by Crippen LogP contribution is -2.47. The number of carbonyl (C=O) groups excluding carboxylic acids is 1. The molecule has 1 aliphatic heterocycles. The van der Waals surface area contributed by atoms with Gasteiger partial charge in [-0.1, -0.05) is 36.4 Å². The van der Waals surface area contributed by atoms with Crippen LogP contribution in [0.5, 0.6) is 5.88 Å². The molecule has 1 amide bonds. The highest BCUT2D eigenvalue weighted by atomic mass is 19.1. The Morgan fingerprint density at radius 1 is 1.22 bits per heavy atom. The minimum Gasteiger partial charge on any atom is -0.476 e. The zero-order valence-electron chi connectivity index (χ0n) is 18.5. The molecule has 2 heterocycles. The van der Waals surface area contributed by atoms with Gasteiger partial charge in [0.1, 0.15) is 24.8 Å². The fourth-order valence-electron chi connectivity index (χ4n) is 3.95. The Balaban J connectivity index is 1.73. The van der Waals surface area contributed by atoms with E-state index in [1.807, 2.05) is 51.1 Å². The van der Waals surface area contributed by atoms with Crippen molar-refractivity contribution >= 4 is 5.91 Å². The predicted octanol–water partition coefficient (Wildman–Crippen LogP) is 4.13. The first-order chi connectivity index (χ1) is 15.3. The minimum atomic E-state index is -0.617. The van der Waals surface area contributed by atoms with Gasteiger partial charge in [-0.25, -0.2) is 14.4 Å². The second-order valence-electron chi connectivity index (χ2n) is 8.91. The van der Waals surface area contributed by atoms with Crippen LogP contribution in [0.4, 0.5) is 4.39 Å². The van der Waals surface area contributed by atoms with Gasteiger partial charge < -0.3 is 10.1 Å². The molecule has 166 valence electrons. The number of fused-ring (bicyclic) bond motifs is 1. The molecule has 3 aromatic rings. The van der Waals surface area contributed by atoms with Crippen LogP contribution in [0.3, 0.4) is 0 Å². The molecule has 32 heavy (non-hydrogen) atoms. The molecule has 6 nitrogen and oxygen atoms in total. The number of hydrogen-bond donors (Lipinski definition) is 1. The molecule has 2 aromatic carbocycles. The van der Waals surface area contributed by atoms with Crippen molar-refractivity contribution in [1.82, 2.24) is 20.2 Å². The van der Waals surface area contributed by atoms with Crippen molar-refractivity contribution in [3.8, 4) is 17.0 Å². The molecule has 1 aliphatic rings. The number of benzene rings is 2. The Labute approximate surface area is 187 Å². The lowest BCUT2D eigenvalue weighted by molar-refractivity contribution is -0.128. The van der Waals surface area contributed by atoms with Crippen LogP contribution in [0.2, 0.25) is 0 Å². The van der Waals surface area contributed by atoms with Gasteiger partial charge in [-0.15, -0.1) is 0 Å². The van der Waals surface area contributed by atoms with Gasteiger partial charge in [0.25, 0.3) is 0 Å². The van der Waals surface area contributed by atoms with E-state index in [0.717, 1.165) is 16.7 Å². The van der Waals surface area contributed by atoms with Gasteiger partial charge in [0.05, 0.1) is 5.56 Å². The van der Waals surface area contributed by atoms with Gasteiger partial charge in [0, 0.05) is 24.8 Å². The first kappa shape index (κ1) is 21.9. The van der Waals surface area contributed by atoms with Crippen LogP contribution < -0.4 is 10.1 Å². The van der Waals surface area contributed by atoms with Crippen LogP contribution in [0, 0.1) is 5.82 Å². The van der Waals surface area contributed by atoms with Crippen molar-refractivity contribution in [2.45, 2.75) is 38.9 Å². The van der Waals surface area contributed by atoms with Crippen LogP contribution in [-0.4, -0.2) is 39.5 Å². The third kappa shape index (κ3) is 4.94. The van der Waals surface area contributed by atoms with E-state index in [1.54, 1.807) is 12.3 Å². The van der Waals surface area contributed by atoms with Gasteiger partial charge in [-0.3, -0.25) is 9.69 Å². The van der Waals surface area contributed by atoms with Gasteiger partial charge in [-0.05, 0) is 49.6 Å². The molecule has 0 fully saturated rings. The highest BCUT2D eigenvalue weighted by Crippen LogP contribution is 2.33. The summed E-state index contributed by atoms with van der Waals surface area (Å²) in [7, 11) is 0. The molecule has 0 bridgehead atoms. The van der Waals surface area contributed by atoms with Crippen molar-refractivity contribution in [1.29, 1.82) is 0 Å². The molecule has 7 heteroatoms. The average Bonchev–Trinajstić information content (AvgIpc) is 2.92. The van der Waals surface area contributed by atoms with Gasteiger partial charge in [0.2, 0.25) is 11.8 Å². The molecule has 0 radical (unpaired) electrons. The summed E-state index contributed by atoms with van der Waals surface area (Å²) < 4.78 is 19.7. The molecular weight excluding hydrogens is 407 g/mol. The van der Waals surface area contributed by atoms with E-state index in [2.05, 4.69) is 20.2 Å². The van der Waals surface area contributed by atoms with E-state index in [4.69, 9.17) is 4.74 Å². The number of hydrogen-bond acceptors (Lipinski definition) is 5. The van der Waals surface area contributed by atoms with Gasteiger partial charge in [0.15, 0.2) is 0 Å². The lowest BCUT2D eigenvalue weighted by atomic mass is 9.98. The summed E-state index contributed by atoms with van der Waals surface area (Å²) in [5, 5.41) is 3.09. The summed E-state index contributed by atoms with van der Waals surface area (Å²) in [6, 6.07) is 13.8. The summed E-state index contributed by atoms with van der Waals surface area (Å²) in [6.45, 7) is 7.24. The van der Waals surface area contributed by atoms with Gasteiger partial charge >= 0.3 is 0 Å². The number of ether oxygens (including phenoxy) is 1. The standard InChI is InChI=1S/C25H27FN4O2/c1-25(2,3)29-23(31)22-21-14-27-16-28-24(21)32-12-11-30(22)15-18-7-4-5-10-20(18)17-8-6-9-19(26)13-17/h4-10,13-14,16,22H,11-12,15H2,1-3H3,(H,29,31). The topological polar surface area (TPSA) is 67.3 Å². The smallest absolute Gasteiger partial charge is 0.242 e. The minimum absolute atomic E-state index is 0.137. The van der Waals surface area contributed by atoms with Crippen LogP contribution in [0.1, 0.15) is 37.9 Å². The zero-order valence-corrected chi connectivity index (χ0v) is 18.5. The molecule has 0 saturated carbocycles. The van der Waals surface area contributed by atoms with Crippen molar-refractivity contribution < 1.29 is 13.9 Å². The summed E-state index contributed by atoms with van der Waals surface area (Å²) in [4.78, 5) is 23.9. The summed E-state index contributed by atoms with van der Waals surface area (Å²) >= 11 is 0. The Hall–Kier alpha value is -3.32. The van der Waals surface area contributed by atoms with E-state index in [1.165, 1.54) is 18.5 Å². The van der Waals surface area contributed by atoms with Crippen molar-refractivity contribution in [2.75, 3.05) is 13.2 Å². The van der Waals surface area contributed by atoms with E-state index in [-0.39, 0.29) is 11.7 Å². The zero-order chi connectivity index (χ0) is 22.7. The fourth-order valence-corrected chi connectivity index (χ4v) is 3.95. The maximum Gasteiger partial charge on any atom is 0.242 e. The maximum atomic E-state index is 13.9. The lowest BCUT2D eigenvalue weighted by Gasteiger charge is -2.32. The number of carbonyl (C=O) groups is 1. The number of amides is 1. The Bertz CT molecular complexity index is 1110. The fraction of sp³-hybridized carbons (Fsp3) is 0.320. The van der Waals surface area contributed by atoms with Crippen molar-refractivity contribution in [3.63, 3.8) is 0 Å². The summed E-state index contributed by atoms with van der Waals surface area (Å²) in [5.41, 5.74) is 2.95. The molecule has 1 aromatic heterocycles. The quantitative estimate of drug-likeness (QED) is 0.669. The number of rotatable bonds is 4. The Morgan fingerprint density at radius 3 is 2.81 bits per heavy atom. The van der Waals surface area contributed by atoms with Gasteiger partial charge in [-0.2, -0.15) is 0 Å². The molecule has 1 N–H and O–H groups in total. The number of nitrogens with one attached hydrogen (secondary N) is 1. The number of nitrogens with zero attached hydrogens (tertiary/aromatic N) is 3.